The molecule has 0 radical (unpaired) electrons. The summed E-state index contributed by atoms with van der Waals surface area (Å²) in [7, 11) is 0. The highest BCUT2D eigenvalue weighted by Gasteiger charge is 2.08. The van der Waals surface area contributed by atoms with Crippen molar-refractivity contribution in [2.75, 3.05) is 18.5 Å². The van der Waals surface area contributed by atoms with Gasteiger partial charge in [-0.2, -0.15) is 5.26 Å². The largest absolute Gasteiger partial charge is 0.480 e. The quantitative estimate of drug-likeness (QED) is 0.837. The Morgan fingerprint density at radius 3 is 2.78 bits per heavy atom. The number of benzene rings is 1. The minimum absolute atomic E-state index is 0.256. The van der Waals surface area contributed by atoms with Crippen molar-refractivity contribution in [1.82, 2.24) is 0 Å². The molecular formula is C11H9ClN2O4. The first-order chi connectivity index (χ1) is 8.52. The fourth-order valence-corrected chi connectivity index (χ4v) is 1.31. The van der Waals surface area contributed by atoms with Crippen LogP contribution in [0.5, 0.6) is 0 Å². The molecule has 0 aliphatic heterocycles. The van der Waals surface area contributed by atoms with Gasteiger partial charge in [-0.1, -0.05) is 11.6 Å². The van der Waals surface area contributed by atoms with E-state index >= 15 is 0 Å². The fraction of sp³-hybridized carbons (Fsp3) is 0.182. The molecule has 0 fully saturated rings. The maximum absolute atomic E-state index is 11.4. The van der Waals surface area contributed by atoms with E-state index < -0.39 is 25.1 Å². The molecule has 0 aromatic heterocycles. The second-order valence-electron chi connectivity index (χ2n) is 3.24. The predicted octanol–water partition coefficient (Wildman–Crippen LogP) is 1.25. The summed E-state index contributed by atoms with van der Waals surface area (Å²) in [5, 5.41) is 19.9. The number of hydrogen-bond acceptors (Lipinski definition) is 4. The number of halogens is 1. The van der Waals surface area contributed by atoms with Crippen LogP contribution in [0.2, 0.25) is 5.02 Å². The third kappa shape index (κ3) is 4.41. The number of carbonyl (C=O) groups excluding carboxylic acids is 1. The van der Waals surface area contributed by atoms with E-state index in [9.17, 15) is 9.59 Å². The van der Waals surface area contributed by atoms with Gasteiger partial charge in [0.1, 0.15) is 19.3 Å². The molecule has 94 valence electrons. The normalized spacial score (nSPS) is 9.56. The second-order valence-corrected chi connectivity index (χ2v) is 3.67. The van der Waals surface area contributed by atoms with Crippen LogP contribution in [0.3, 0.4) is 0 Å². The minimum Gasteiger partial charge on any atom is -0.480 e. The smallest absolute Gasteiger partial charge is 0.329 e. The van der Waals surface area contributed by atoms with E-state index in [0.717, 1.165) is 0 Å². The van der Waals surface area contributed by atoms with Crippen LogP contribution >= 0.6 is 11.6 Å². The van der Waals surface area contributed by atoms with Crippen LogP contribution in [0.1, 0.15) is 5.56 Å². The number of carbonyl (C=O) groups is 2. The van der Waals surface area contributed by atoms with E-state index in [1.54, 1.807) is 0 Å². The molecule has 1 amide bonds. The molecule has 1 rings (SSSR count). The van der Waals surface area contributed by atoms with Gasteiger partial charge in [0, 0.05) is 5.02 Å². The van der Waals surface area contributed by atoms with Crippen molar-refractivity contribution in [2.24, 2.45) is 0 Å². The highest BCUT2D eigenvalue weighted by Crippen LogP contribution is 2.20. The molecule has 18 heavy (non-hydrogen) atoms. The summed E-state index contributed by atoms with van der Waals surface area (Å²) < 4.78 is 4.61. The van der Waals surface area contributed by atoms with E-state index in [1.807, 2.05) is 6.07 Å². The zero-order chi connectivity index (χ0) is 13.5. The van der Waals surface area contributed by atoms with Gasteiger partial charge in [0.25, 0.3) is 0 Å². The lowest BCUT2D eigenvalue weighted by atomic mass is 10.2. The second kappa shape index (κ2) is 6.59. The monoisotopic (exact) mass is 268 g/mol. The van der Waals surface area contributed by atoms with Crippen molar-refractivity contribution in [3.8, 4) is 6.07 Å². The zero-order valence-corrected chi connectivity index (χ0v) is 9.90. The van der Waals surface area contributed by atoms with Crippen LogP contribution < -0.4 is 5.32 Å². The Balaban J connectivity index is 2.61. The number of amides is 1. The van der Waals surface area contributed by atoms with E-state index in [-0.39, 0.29) is 11.3 Å². The molecule has 2 N–H and O–H groups in total. The van der Waals surface area contributed by atoms with Crippen molar-refractivity contribution in [3.05, 3.63) is 28.8 Å². The summed E-state index contributed by atoms with van der Waals surface area (Å²) in [6.45, 7) is -0.974. The highest BCUT2D eigenvalue weighted by atomic mass is 35.5. The van der Waals surface area contributed by atoms with E-state index in [2.05, 4.69) is 10.1 Å². The van der Waals surface area contributed by atoms with Gasteiger partial charge in [0.05, 0.1) is 11.3 Å². The first kappa shape index (κ1) is 14.0. The van der Waals surface area contributed by atoms with Gasteiger partial charge in [-0.3, -0.25) is 4.79 Å². The zero-order valence-electron chi connectivity index (χ0n) is 9.14. The first-order valence-electron chi connectivity index (χ1n) is 4.82. The predicted molar refractivity (Wildman–Crippen MR) is 63.3 cm³/mol. The number of nitriles is 1. The number of aliphatic carboxylic acids is 1. The van der Waals surface area contributed by atoms with E-state index in [1.165, 1.54) is 18.2 Å². The summed E-state index contributed by atoms with van der Waals surface area (Å²) >= 11 is 5.73. The number of anilines is 1. The summed E-state index contributed by atoms with van der Waals surface area (Å²) in [5.41, 5.74) is 0.514. The Morgan fingerprint density at radius 2 is 2.17 bits per heavy atom. The molecule has 0 aliphatic rings. The highest BCUT2D eigenvalue weighted by molar-refractivity contribution is 6.31. The average Bonchev–Trinajstić information content (AvgIpc) is 2.28. The van der Waals surface area contributed by atoms with Crippen molar-refractivity contribution in [1.29, 1.82) is 5.26 Å². The molecule has 0 heterocycles. The third-order valence-electron chi connectivity index (χ3n) is 1.83. The molecule has 0 spiro atoms. The molecule has 1 aromatic rings. The summed E-state index contributed by atoms with van der Waals surface area (Å²) in [5.74, 6) is -1.72. The molecule has 1 aromatic carbocycles. The standard InChI is InChI=1S/C11H9ClN2O4/c12-8-2-1-7(4-13)9(3-8)14-10(15)5-18-6-11(16)17/h1-3H,5-6H2,(H,14,15)(H,16,17). The van der Waals surface area contributed by atoms with Crippen molar-refractivity contribution in [3.63, 3.8) is 0 Å². The Morgan fingerprint density at radius 1 is 1.44 bits per heavy atom. The van der Waals surface area contributed by atoms with Gasteiger partial charge in [0.15, 0.2) is 0 Å². The van der Waals surface area contributed by atoms with Crippen molar-refractivity contribution in [2.45, 2.75) is 0 Å². The van der Waals surface area contributed by atoms with Gasteiger partial charge in [-0.05, 0) is 18.2 Å². The maximum Gasteiger partial charge on any atom is 0.329 e. The van der Waals surface area contributed by atoms with Crippen LogP contribution in [0.25, 0.3) is 0 Å². The summed E-state index contributed by atoms with van der Waals surface area (Å²) in [6, 6.07) is 6.31. The maximum atomic E-state index is 11.4. The van der Waals surface area contributed by atoms with Gasteiger partial charge >= 0.3 is 5.97 Å². The molecule has 0 aliphatic carbocycles. The van der Waals surface area contributed by atoms with Gasteiger partial charge in [-0.25, -0.2) is 4.79 Å². The molecular weight excluding hydrogens is 260 g/mol. The Hall–Kier alpha value is -2.10. The Kier molecular flexibility index (Phi) is 5.11. The SMILES string of the molecule is N#Cc1ccc(Cl)cc1NC(=O)COCC(=O)O. The lowest BCUT2D eigenvalue weighted by Gasteiger charge is -2.07. The molecule has 0 saturated heterocycles. The van der Waals surface area contributed by atoms with Crippen molar-refractivity contribution >= 4 is 29.2 Å². The molecule has 0 saturated carbocycles. The topological polar surface area (TPSA) is 99.4 Å². The number of carboxylic acid groups (broad SMARTS) is 1. The number of nitrogens with zero attached hydrogens (tertiary/aromatic N) is 1. The van der Waals surface area contributed by atoms with Crippen LogP contribution in [0, 0.1) is 11.3 Å². The lowest BCUT2D eigenvalue weighted by molar-refractivity contribution is -0.143. The van der Waals surface area contributed by atoms with Crippen LogP contribution in [-0.2, 0) is 14.3 Å². The Bertz CT molecular complexity index is 510. The third-order valence-corrected chi connectivity index (χ3v) is 2.07. The van der Waals surface area contributed by atoms with Crippen LogP contribution in [-0.4, -0.2) is 30.2 Å². The lowest BCUT2D eigenvalue weighted by Crippen LogP contribution is -2.21. The molecule has 7 heteroatoms. The number of rotatable bonds is 5. The van der Waals surface area contributed by atoms with Crippen LogP contribution in [0.15, 0.2) is 18.2 Å². The summed E-state index contributed by atoms with van der Waals surface area (Å²) in [4.78, 5) is 21.6. The minimum atomic E-state index is -1.16. The molecule has 0 unspecified atom stereocenters. The number of ether oxygens (including phenoxy) is 1. The van der Waals surface area contributed by atoms with E-state index in [0.29, 0.717) is 5.02 Å². The van der Waals surface area contributed by atoms with Gasteiger partial charge < -0.3 is 15.2 Å². The summed E-state index contributed by atoms with van der Waals surface area (Å²) in [6.07, 6.45) is 0. The first-order valence-corrected chi connectivity index (χ1v) is 5.19. The number of carboxylic acids is 1. The Labute approximate surface area is 108 Å². The molecule has 0 bridgehead atoms. The van der Waals surface area contributed by atoms with Crippen LogP contribution in [0.4, 0.5) is 5.69 Å². The van der Waals surface area contributed by atoms with Gasteiger partial charge in [0.2, 0.25) is 5.91 Å². The fourth-order valence-electron chi connectivity index (χ4n) is 1.13. The van der Waals surface area contributed by atoms with Crippen molar-refractivity contribution < 1.29 is 19.4 Å². The molecule has 0 atom stereocenters. The molecule has 6 nitrogen and oxygen atoms in total. The van der Waals surface area contributed by atoms with Gasteiger partial charge in [-0.15, -0.1) is 0 Å². The number of hydrogen-bond donors (Lipinski definition) is 2. The number of nitrogens with one attached hydrogen (secondary N) is 1. The average molecular weight is 269 g/mol. The van der Waals surface area contributed by atoms with E-state index in [4.69, 9.17) is 22.0 Å².